The van der Waals surface area contributed by atoms with Gasteiger partial charge in [0.15, 0.2) is 0 Å². The lowest BCUT2D eigenvalue weighted by Crippen LogP contribution is -2.35. The van der Waals surface area contributed by atoms with Gasteiger partial charge in [-0.25, -0.2) is 4.79 Å². The monoisotopic (exact) mass is 188 g/mol. The number of ether oxygens (including phenoxy) is 1. The van der Waals surface area contributed by atoms with E-state index in [9.17, 15) is 9.59 Å². The minimum absolute atomic E-state index is 0.274. The Hall–Kier alpha value is -0.980. The van der Waals surface area contributed by atoms with Crippen LogP contribution >= 0.6 is 0 Å². The van der Waals surface area contributed by atoms with Crippen molar-refractivity contribution in [1.82, 2.24) is 5.32 Å². The molecule has 1 heterocycles. The topological polar surface area (TPSA) is 102 Å². The summed E-state index contributed by atoms with van der Waals surface area (Å²) >= 11 is 0. The highest BCUT2D eigenvalue weighted by atomic mass is 16.6. The van der Waals surface area contributed by atoms with Crippen molar-refractivity contribution in [2.45, 2.75) is 18.6 Å². The van der Waals surface area contributed by atoms with Crippen LogP contribution in [0.2, 0.25) is 0 Å². The van der Waals surface area contributed by atoms with Crippen molar-refractivity contribution in [3.63, 3.8) is 0 Å². The van der Waals surface area contributed by atoms with E-state index in [1.807, 2.05) is 0 Å². The quantitative estimate of drug-likeness (QED) is 0.334. The molecule has 1 aliphatic heterocycles. The number of hydrogen-bond acceptors (Lipinski definition) is 6. The fraction of sp³-hybridized carbons (Fsp3) is 0.714. The van der Waals surface area contributed by atoms with Gasteiger partial charge in [0.05, 0.1) is 12.6 Å². The molecule has 74 valence electrons. The summed E-state index contributed by atoms with van der Waals surface area (Å²) in [4.78, 5) is 21.7. The standard InChI is InChI=1S/C7H12N2O4/c8-2-6(11)13-7(12)5-1-4(10)3-9-5/h4-5,9-10H,1-3,8H2/t4?,5-/m0/s1. The van der Waals surface area contributed by atoms with Crippen LogP contribution in [0.15, 0.2) is 0 Å². The van der Waals surface area contributed by atoms with Crippen molar-refractivity contribution in [2.24, 2.45) is 5.73 Å². The molecule has 1 saturated heterocycles. The molecule has 1 fully saturated rings. The first-order valence-electron chi connectivity index (χ1n) is 3.99. The highest BCUT2D eigenvalue weighted by molar-refractivity contribution is 5.89. The fourth-order valence-electron chi connectivity index (χ4n) is 1.12. The normalized spacial score (nSPS) is 27.2. The molecule has 4 N–H and O–H groups in total. The number of nitrogens with two attached hydrogens (primary N) is 1. The highest BCUT2D eigenvalue weighted by Crippen LogP contribution is 2.07. The Bertz CT molecular complexity index is 219. The molecule has 13 heavy (non-hydrogen) atoms. The lowest BCUT2D eigenvalue weighted by molar-refractivity contribution is -0.160. The van der Waals surface area contributed by atoms with Crippen LogP contribution in [-0.4, -0.2) is 42.3 Å². The van der Waals surface area contributed by atoms with E-state index in [0.717, 1.165) is 0 Å². The van der Waals surface area contributed by atoms with Crippen molar-refractivity contribution in [1.29, 1.82) is 0 Å². The molecule has 1 unspecified atom stereocenters. The van der Waals surface area contributed by atoms with Crippen LogP contribution in [0.1, 0.15) is 6.42 Å². The van der Waals surface area contributed by atoms with E-state index in [1.165, 1.54) is 0 Å². The van der Waals surface area contributed by atoms with E-state index >= 15 is 0 Å². The van der Waals surface area contributed by atoms with Gasteiger partial charge >= 0.3 is 11.9 Å². The Balaban J connectivity index is 2.36. The van der Waals surface area contributed by atoms with Crippen molar-refractivity contribution < 1.29 is 19.4 Å². The summed E-state index contributed by atoms with van der Waals surface area (Å²) in [7, 11) is 0. The van der Waals surface area contributed by atoms with Gasteiger partial charge in [-0.3, -0.25) is 4.79 Å². The zero-order valence-electron chi connectivity index (χ0n) is 7.03. The zero-order valence-corrected chi connectivity index (χ0v) is 7.03. The summed E-state index contributed by atoms with van der Waals surface area (Å²) in [6, 6.07) is -0.592. The molecular formula is C7H12N2O4. The van der Waals surface area contributed by atoms with Gasteiger partial charge in [0.2, 0.25) is 0 Å². The predicted octanol–water partition coefficient (Wildman–Crippen LogP) is -2.26. The number of rotatable bonds is 2. The summed E-state index contributed by atoms with van der Waals surface area (Å²) in [5.41, 5.74) is 4.95. The first-order chi connectivity index (χ1) is 6.13. The van der Waals surface area contributed by atoms with Crippen LogP contribution in [-0.2, 0) is 14.3 Å². The maximum atomic E-state index is 11.1. The first-order valence-corrected chi connectivity index (χ1v) is 3.99. The molecule has 6 nitrogen and oxygen atoms in total. The third-order valence-electron chi connectivity index (χ3n) is 1.77. The molecule has 0 aliphatic carbocycles. The average molecular weight is 188 g/mol. The minimum Gasteiger partial charge on any atom is -0.392 e. The van der Waals surface area contributed by atoms with Crippen LogP contribution in [0.3, 0.4) is 0 Å². The zero-order chi connectivity index (χ0) is 9.84. The van der Waals surface area contributed by atoms with Gasteiger partial charge in [0.25, 0.3) is 0 Å². The van der Waals surface area contributed by atoms with Crippen LogP contribution in [0.5, 0.6) is 0 Å². The third-order valence-corrected chi connectivity index (χ3v) is 1.77. The van der Waals surface area contributed by atoms with Crippen molar-refractivity contribution in [3.05, 3.63) is 0 Å². The molecule has 6 heteroatoms. The number of carbonyl (C=O) groups excluding carboxylic acids is 2. The average Bonchev–Trinajstić information content (AvgIpc) is 2.51. The first kappa shape index (κ1) is 10.1. The molecule has 0 amide bonds. The molecule has 0 spiro atoms. The van der Waals surface area contributed by atoms with Gasteiger partial charge in [-0.05, 0) is 0 Å². The highest BCUT2D eigenvalue weighted by Gasteiger charge is 2.30. The smallest absolute Gasteiger partial charge is 0.330 e. The number of β-amino-alcohol motifs (C(OH)–C–C–N with tert-alkyl or cyclic N) is 1. The number of hydrogen-bond donors (Lipinski definition) is 3. The van der Waals surface area contributed by atoms with E-state index < -0.39 is 24.1 Å². The Morgan fingerprint density at radius 2 is 2.31 bits per heavy atom. The second-order valence-electron chi connectivity index (χ2n) is 2.85. The molecular weight excluding hydrogens is 176 g/mol. The Morgan fingerprint density at radius 3 is 2.77 bits per heavy atom. The van der Waals surface area contributed by atoms with Crippen LogP contribution < -0.4 is 11.1 Å². The van der Waals surface area contributed by atoms with E-state index in [-0.39, 0.29) is 13.0 Å². The van der Waals surface area contributed by atoms with Crippen LogP contribution in [0.25, 0.3) is 0 Å². The van der Waals surface area contributed by atoms with Gasteiger partial charge in [-0.15, -0.1) is 0 Å². The second kappa shape index (κ2) is 4.31. The van der Waals surface area contributed by atoms with Gasteiger partial charge in [-0.2, -0.15) is 0 Å². The summed E-state index contributed by atoms with van der Waals surface area (Å²) in [5.74, 6) is -1.43. The number of nitrogens with one attached hydrogen (secondary N) is 1. The molecule has 0 aromatic rings. The van der Waals surface area contributed by atoms with E-state index in [2.05, 4.69) is 10.1 Å². The van der Waals surface area contributed by atoms with Gasteiger partial charge in [0.1, 0.15) is 6.04 Å². The summed E-state index contributed by atoms with van der Waals surface area (Å²) in [6.07, 6.45) is -0.276. The largest absolute Gasteiger partial charge is 0.392 e. The molecule has 1 rings (SSSR count). The number of aliphatic hydroxyl groups is 1. The van der Waals surface area contributed by atoms with Crippen LogP contribution in [0.4, 0.5) is 0 Å². The van der Waals surface area contributed by atoms with Crippen LogP contribution in [0, 0.1) is 0 Å². The number of carbonyl (C=O) groups is 2. The predicted molar refractivity (Wildman–Crippen MR) is 42.6 cm³/mol. The Kier molecular flexibility index (Phi) is 3.35. The lowest BCUT2D eigenvalue weighted by Gasteiger charge is -2.07. The van der Waals surface area contributed by atoms with Crippen molar-refractivity contribution >= 4 is 11.9 Å². The van der Waals surface area contributed by atoms with Crippen molar-refractivity contribution in [2.75, 3.05) is 13.1 Å². The molecule has 0 aromatic heterocycles. The molecule has 2 atom stereocenters. The van der Waals surface area contributed by atoms with Gasteiger partial charge in [0, 0.05) is 13.0 Å². The maximum Gasteiger partial charge on any atom is 0.330 e. The lowest BCUT2D eigenvalue weighted by atomic mass is 10.2. The van der Waals surface area contributed by atoms with Gasteiger partial charge in [-0.1, -0.05) is 0 Å². The SMILES string of the molecule is NCC(=O)OC(=O)[C@@H]1CC(O)CN1. The number of aliphatic hydroxyl groups excluding tert-OH is 1. The van der Waals surface area contributed by atoms with E-state index in [4.69, 9.17) is 10.8 Å². The molecule has 0 saturated carbocycles. The third kappa shape index (κ3) is 2.76. The minimum atomic E-state index is -0.756. The summed E-state index contributed by atoms with van der Waals surface area (Å²) in [5, 5.41) is 11.8. The van der Waals surface area contributed by atoms with E-state index in [1.54, 1.807) is 0 Å². The Labute approximate surface area is 75.0 Å². The summed E-state index contributed by atoms with van der Waals surface area (Å²) < 4.78 is 4.36. The number of esters is 2. The van der Waals surface area contributed by atoms with Crippen molar-refractivity contribution in [3.8, 4) is 0 Å². The van der Waals surface area contributed by atoms with E-state index in [0.29, 0.717) is 6.54 Å². The second-order valence-corrected chi connectivity index (χ2v) is 2.85. The van der Waals surface area contributed by atoms with Gasteiger partial charge < -0.3 is 20.9 Å². The fourth-order valence-corrected chi connectivity index (χ4v) is 1.12. The Morgan fingerprint density at radius 1 is 1.62 bits per heavy atom. The molecule has 0 bridgehead atoms. The summed E-state index contributed by atoms with van der Waals surface area (Å²) in [6.45, 7) is 0.0254. The maximum absolute atomic E-state index is 11.1. The molecule has 1 aliphatic rings. The molecule has 0 radical (unpaired) electrons. The molecule has 0 aromatic carbocycles.